The first-order valence-electron chi connectivity index (χ1n) is 8.82. The highest BCUT2D eigenvalue weighted by atomic mass is 35.5. The number of rotatable bonds is 7. The number of ether oxygens (including phenoxy) is 3. The van der Waals surface area contributed by atoms with Crippen molar-refractivity contribution in [2.24, 2.45) is 4.99 Å². The largest absolute Gasteiger partial charge is 0.497 e. The Bertz CT molecular complexity index is 944. The van der Waals surface area contributed by atoms with E-state index in [-0.39, 0.29) is 5.91 Å². The molecule has 1 aliphatic heterocycles. The first-order chi connectivity index (χ1) is 14.0. The maximum absolute atomic E-state index is 13.0. The monoisotopic (exact) mass is 432 g/mol. The average molecular weight is 433 g/mol. The number of carbonyl (C=O) groups is 1. The lowest BCUT2D eigenvalue weighted by molar-refractivity contribution is -0.122. The van der Waals surface area contributed by atoms with Gasteiger partial charge in [0.25, 0.3) is 5.91 Å². The molecule has 0 unspecified atom stereocenters. The van der Waals surface area contributed by atoms with Crippen molar-refractivity contribution in [3.63, 3.8) is 0 Å². The molecule has 1 saturated heterocycles. The van der Waals surface area contributed by atoms with Crippen LogP contribution < -0.4 is 9.47 Å². The van der Waals surface area contributed by atoms with Gasteiger partial charge in [0.15, 0.2) is 5.17 Å². The van der Waals surface area contributed by atoms with Crippen molar-refractivity contribution in [1.82, 2.24) is 4.90 Å². The molecule has 1 fully saturated rings. The summed E-state index contributed by atoms with van der Waals surface area (Å²) in [5, 5.41) is 1.15. The fraction of sp³-hybridized carbons (Fsp3) is 0.238. The van der Waals surface area contributed by atoms with Crippen molar-refractivity contribution in [2.75, 3.05) is 34.5 Å². The predicted molar refractivity (Wildman–Crippen MR) is 117 cm³/mol. The molecule has 1 aliphatic rings. The van der Waals surface area contributed by atoms with Gasteiger partial charge < -0.3 is 14.2 Å². The smallest absolute Gasteiger partial charge is 0.266 e. The van der Waals surface area contributed by atoms with E-state index < -0.39 is 0 Å². The molecular formula is C21H21ClN2O4S. The highest BCUT2D eigenvalue weighted by Gasteiger charge is 2.33. The Morgan fingerprint density at radius 1 is 1.10 bits per heavy atom. The lowest BCUT2D eigenvalue weighted by atomic mass is 10.2. The van der Waals surface area contributed by atoms with Gasteiger partial charge in [-0.1, -0.05) is 11.6 Å². The molecule has 6 nitrogen and oxygen atoms in total. The van der Waals surface area contributed by atoms with Crippen LogP contribution in [-0.2, 0) is 9.53 Å². The van der Waals surface area contributed by atoms with Crippen LogP contribution in [0.4, 0.5) is 5.69 Å². The summed E-state index contributed by atoms with van der Waals surface area (Å²) < 4.78 is 15.7. The maximum Gasteiger partial charge on any atom is 0.266 e. The summed E-state index contributed by atoms with van der Waals surface area (Å²) in [6.45, 7) is 0.809. The highest BCUT2D eigenvalue weighted by molar-refractivity contribution is 8.18. The number of hydrogen-bond donors (Lipinski definition) is 0. The molecule has 0 aromatic heterocycles. The van der Waals surface area contributed by atoms with E-state index in [1.54, 1.807) is 50.5 Å². The van der Waals surface area contributed by atoms with Crippen LogP contribution in [0.1, 0.15) is 5.56 Å². The predicted octanol–water partition coefficient (Wildman–Crippen LogP) is 4.61. The van der Waals surface area contributed by atoms with E-state index in [4.69, 9.17) is 25.8 Å². The number of nitrogens with zero attached hydrogens (tertiary/aromatic N) is 2. The number of thioether (sulfide) groups is 1. The average Bonchev–Trinajstić information content (AvgIpc) is 3.01. The molecule has 1 amide bonds. The molecule has 0 bridgehead atoms. The van der Waals surface area contributed by atoms with Gasteiger partial charge in [-0.2, -0.15) is 0 Å². The summed E-state index contributed by atoms with van der Waals surface area (Å²) in [6, 6.07) is 12.6. The SMILES string of the molecule is COCCN1C(=O)/C(=C\c2cc(Cl)ccc2OC)SC1=Nc1ccc(OC)cc1. The molecule has 3 rings (SSSR count). The van der Waals surface area contributed by atoms with Gasteiger partial charge in [-0.15, -0.1) is 0 Å². The molecule has 0 atom stereocenters. The normalized spacial score (nSPS) is 16.7. The van der Waals surface area contributed by atoms with Crippen LogP contribution in [0.25, 0.3) is 6.08 Å². The first kappa shape index (κ1) is 21.2. The van der Waals surface area contributed by atoms with Crippen molar-refractivity contribution >= 4 is 46.2 Å². The lowest BCUT2D eigenvalue weighted by Gasteiger charge is -2.14. The zero-order chi connectivity index (χ0) is 20.8. The van der Waals surface area contributed by atoms with Gasteiger partial charge in [0.2, 0.25) is 0 Å². The third-order valence-corrected chi connectivity index (χ3v) is 5.42. The van der Waals surface area contributed by atoms with Gasteiger partial charge in [0, 0.05) is 17.7 Å². The minimum Gasteiger partial charge on any atom is -0.497 e. The fourth-order valence-corrected chi connectivity index (χ4v) is 3.89. The summed E-state index contributed by atoms with van der Waals surface area (Å²) in [6.07, 6.45) is 1.77. The summed E-state index contributed by atoms with van der Waals surface area (Å²) in [7, 11) is 4.79. The molecule has 152 valence electrons. The van der Waals surface area contributed by atoms with Crippen LogP contribution in [-0.4, -0.2) is 50.5 Å². The molecule has 1 heterocycles. The number of methoxy groups -OCH3 is 3. The third kappa shape index (κ3) is 5.12. The van der Waals surface area contributed by atoms with E-state index in [2.05, 4.69) is 4.99 Å². The number of benzene rings is 2. The summed E-state index contributed by atoms with van der Waals surface area (Å²) in [5.41, 5.74) is 1.46. The van der Waals surface area contributed by atoms with Gasteiger partial charge in [0.1, 0.15) is 11.5 Å². The molecule has 0 N–H and O–H groups in total. The maximum atomic E-state index is 13.0. The molecule has 0 saturated carbocycles. The highest BCUT2D eigenvalue weighted by Crippen LogP contribution is 2.36. The summed E-state index contributed by atoms with van der Waals surface area (Å²) >= 11 is 7.42. The first-order valence-corrected chi connectivity index (χ1v) is 10.0. The molecule has 2 aromatic rings. The zero-order valence-electron chi connectivity index (χ0n) is 16.3. The zero-order valence-corrected chi connectivity index (χ0v) is 17.9. The Morgan fingerprint density at radius 3 is 2.52 bits per heavy atom. The van der Waals surface area contributed by atoms with Crippen LogP contribution >= 0.6 is 23.4 Å². The van der Waals surface area contributed by atoms with Gasteiger partial charge in [-0.05, 0) is 60.3 Å². The van der Waals surface area contributed by atoms with E-state index >= 15 is 0 Å². The van der Waals surface area contributed by atoms with E-state index in [0.717, 1.165) is 17.0 Å². The van der Waals surface area contributed by atoms with Crippen molar-refractivity contribution < 1.29 is 19.0 Å². The number of halogens is 1. The van der Waals surface area contributed by atoms with Crippen molar-refractivity contribution in [3.05, 3.63) is 58.0 Å². The van der Waals surface area contributed by atoms with E-state index in [1.165, 1.54) is 11.8 Å². The molecule has 2 aromatic carbocycles. The molecule has 0 radical (unpaired) electrons. The number of amides is 1. The van der Waals surface area contributed by atoms with Crippen LogP contribution in [0.5, 0.6) is 11.5 Å². The second-order valence-electron chi connectivity index (χ2n) is 6.04. The molecule has 0 aliphatic carbocycles. The van der Waals surface area contributed by atoms with Gasteiger partial charge in [-0.3, -0.25) is 9.69 Å². The lowest BCUT2D eigenvalue weighted by Crippen LogP contribution is -2.32. The van der Waals surface area contributed by atoms with Crippen LogP contribution in [0, 0.1) is 0 Å². The molecule has 0 spiro atoms. The van der Waals surface area contributed by atoms with E-state index in [0.29, 0.717) is 34.0 Å². The minimum absolute atomic E-state index is 0.138. The summed E-state index contributed by atoms with van der Waals surface area (Å²) in [5.74, 6) is 1.25. The Morgan fingerprint density at radius 2 is 1.86 bits per heavy atom. The van der Waals surface area contributed by atoms with E-state index in [1.807, 2.05) is 24.3 Å². The molecule has 8 heteroatoms. The van der Waals surface area contributed by atoms with Crippen molar-refractivity contribution in [2.45, 2.75) is 0 Å². The number of carbonyl (C=O) groups excluding carboxylic acids is 1. The Hall–Kier alpha value is -2.48. The number of hydrogen-bond acceptors (Lipinski definition) is 6. The van der Waals surface area contributed by atoms with Gasteiger partial charge in [0.05, 0.1) is 38.0 Å². The van der Waals surface area contributed by atoms with Crippen LogP contribution in [0.15, 0.2) is 52.4 Å². The summed E-state index contributed by atoms with van der Waals surface area (Å²) in [4.78, 5) is 19.8. The minimum atomic E-state index is -0.138. The van der Waals surface area contributed by atoms with Crippen molar-refractivity contribution in [3.8, 4) is 11.5 Å². The molecule has 29 heavy (non-hydrogen) atoms. The third-order valence-electron chi connectivity index (χ3n) is 4.18. The number of aliphatic imine (C=N–C) groups is 1. The van der Waals surface area contributed by atoms with Gasteiger partial charge >= 0.3 is 0 Å². The van der Waals surface area contributed by atoms with Crippen LogP contribution in [0.3, 0.4) is 0 Å². The fourth-order valence-electron chi connectivity index (χ4n) is 2.70. The Balaban J connectivity index is 1.95. The second-order valence-corrected chi connectivity index (χ2v) is 7.48. The number of amidine groups is 1. The van der Waals surface area contributed by atoms with Gasteiger partial charge in [-0.25, -0.2) is 4.99 Å². The topological polar surface area (TPSA) is 60.4 Å². The Labute approximate surface area is 179 Å². The standard InChI is InChI=1S/C21H21ClN2O4S/c1-26-11-10-24-20(25)19(13-14-12-15(22)4-9-18(14)28-3)29-21(24)23-16-5-7-17(27-2)8-6-16/h4-9,12-13H,10-11H2,1-3H3/b19-13+,23-21?. The second kappa shape index (κ2) is 9.82. The molecular weight excluding hydrogens is 412 g/mol. The van der Waals surface area contributed by atoms with Crippen LogP contribution in [0.2, 0.25) is 5.02 Å². The van der Waals surface area contributed by atoms with Crippen molar-refractivity contribution in [1.29, 1.82) is 0 Å². The quantitative estimate of drug-likeness (QED) is 0.598. The Kier molecular flexibility index (Phi) is 7.19. The van der Waals surface area contributed by atoms with E-state index in [9.17, 15) is 4.79 Å².